The molecule has 1 aromatic heterocycles. The van der Waals surface area contributed by atoms with Crippen LogP contribution in [0.2, 0.25) is 0 Å². The Balaban J connectivity index is 2.34. The van der Waals surface area contributed by atoms with E-state index in [-0.39, 0.29) is 22.8 Å². The van der Waals surface area contributed by atoms with Crippen LogP contribution < -0.4 is 15.8 Å². The lowest BCUT2D eigenvalue weighted by molar-refractivity contribution is 0.0602. The molecule has 21 heavy (non-hydrogen) atoms. The molecule has 2 aromatic rings. The summed E-state index contributed by atoms with van der Waals surface area (Å²) in [6.07, 6.45) is 1.42. The van der Waals surface area contributed by atoms with Crippen molar-refractivity contribution in [2.75, 3.05) is 25.3 Å². The number of carbonyl (C=O) groups excluding carboxylic acids is 1. The quantitative estimate of drug-likeness (QED) is 0.841. The van der Waals surface area contributed by atoms with Crippen LogP contribution in [0.3, 0.4) is 0 Å². The van der Waals surface area contributed by atoms with E-state index in [1.54, 1.807) is 0 Å². The molecular formula is C14H14FN3O3. The van der Waals surface area contributed by atoms with Gasteiger partial charge in [0.15, 0.2) is 17.4 Å². The van der Waals surface area contributed by atoms with E-state index in [2.05, 4.69) is 15.0 Å². The minimum atomic E-state index is -0.561. The summed E-state index contributed by atoms with van der Waals surface area (Å²) in [6, 6.07) is 5.67. The molecule has 0 aliphatic heterocycles. The zero-order chi connectivity index (χ0) is 15.4. The van der Waals surface area contributed by atoms with Gasteiger partial charge in [0.25, 0.3) is 0 Å². The summed E-state index contributed by atoms with van der Waals surface area (Å²) in [5.41, 5.74) is 6.74. The fourth-order valence-electron chi connectivity index (χ4n) is 1.74. The summed E-state index contributed by atoms with van der Waals surface area (Å²) in [7, 11) is 2.63. The maximum absolute atomic E-state index is 13.3. The van der Waals surface area contributed by atoms with Crippen LogP contribution in [0.5, 0.6) is 5.75 Å². The molecular weight excluding hydrogens is 277 g/mol. The third-order valence-electron chi connectivity index (χ3n) is 2.81. The first-order valence-electron chi connectivity index (χ1n) is 6.00. The number of rotatable bonds is 4. The van der Waals surface area contributed by atoms with Crippen LogP contribution in [-0.4, -0.2) is 25.2 Å². The molecule has 0 saturated heterocycles. The van der Waals surface area contributed by atoms with Crippen molar-refractivity contribution in [2.45, 2.75) is 0 Å². The second kappa shape index (κ2) is 6.08. The van der Waals surface area contributed by atoms with Gasteiger partial charge >= 0.3 is 5.97 Å². The number of hydrogen-bond donors (Lipinski definition) is 2. The van der Waals surface area contributed by atoms with E-state index < -0.39 is 11.8 Å². The molecule has 0 fully saturated rings. The number of methoxy groups -OCH3 is 2. The molecule has 0 saturated carbocycles. The third-order valence-corrected chi connectivity index (χ3v) is 2.81. The number of nitrogens with one attached hydrogen (secondary N) is 1. The highest BCUT2D eigenvalue weighted by Crippen LogP contribution is 2.27. The Morgan fingerprint density at radius 2 is 2.10 bits per heavy atom. The van der Waals surface area contributed by atoms with Gasteiger partial charge in [-0.25, -0.2) is 14.2 Å². The standard InChI is InChI=1S/C14H14FN3O3/c1-20-11-7-8(3-4-10(11)15)18-13-12(16)9(5-6-17-13)14(19)21-2/h3-7H,16H2,1-2H3,(H,17,18). The summed E-state index contributed by atoms with van der Waals surface area (Å²) in [4.78, 5) is 15.6. The van der Waals surface area contributed by atoms with Gasteiger partial charge in [-0.3, -0.25) is 0 Å². The lowest BCUT2D eigenvalue weighted by Gasteiger charge is -2.12. The molecule has 1 heterocycles. The molecule has 6 nitrogen and oxygen atoms in total. The predicted molar refractivity (Wildman–Crippen MR) is 76.2 cm³/mol. The second-order valence-corrected chi connectivity index (χ2v) is 4.09. The smallest absolute Gasteiger partial charge is 0.340 e. The first kappa shape index (κ1) is 14.6. The molecule has 0 spiro atoms. The van der Waals surface area contributed by atoms with E-state index in [1.807, 2.05) is 0 Å². The monoisotopic (exact) mass is 291 g/mol. The van der Waals surface area contributed by atoms with Crippen LogP contribution in [0, 0.1) is 5.82 Å². The molecule has 0 amide bonds. The fraction of sp³-hybridized carbons (Fsp3) is 0.143. The van der Waals surface area contributed by atoms with Crippen molar-refractivity contribution < 1.29 is 18.7 Å². The first-order valence-corrected chi connectivity index (χ1v) is 6.00. The zero-order valence-electron chi connectivity index (χ0n) is 11.5. The normalized spacial score (nSPS) is 10.0. The van der Waals surface area contributed by atoms with E-state index in [0.29, 0.717) is 5.69 Å². The number of benzene rings is 1. The van der Waals surface area contributed by atoms with Gasteiger partial charge < -0.3 is 20.5 Å². The third kappa shape index (κ3) is 3.02. The number of carbonyl (C=O) groups is 1. The predicted octanol–water partition coefficient (Wildman–Crippen LogP) is 2.34. The van der Waals surface area contributed by atoms with Crippen LogP contribution in [0.25, 0.3) is 0 Å². The highest BCUT2D eigenvalue weighted by atomic mass is 19.1. The van der Waals surface area contributed by atoms with Gasteiger partial charge in [0.1, 0.15) is 0 Å². The molecule has 0 aliphatic carbocycles. The molecule has 0 atom stereocenters. The number of hydrogen-bond acceptors (Lipinski definition) is 6. The molecule has 0 aliphatic rings. The van der Waals surface area contributed by atoms with Gasteiger partial charge in [-0.2, -0.15) is 0 Å². The average molecular weight is 291 g/mol. The SMILES string of the molecule is COC(=O)c1ccnc(Nc2ccc(F)c(OC)c2)c1N. The highest BCUT2D eigenvalue weighted by Gasteiger charge is 2.14. The molecule has 7 heteroatoms. The van der Waals surface area contributed by atoms with Gasteiger partial charge in [0.2, 0.25) is 0 Å². The second-order valence-electron chi connectivity index (χ2n) is 4.09. The van der Waals surface area contributed by atoms with Crippen molar-refractivity contribution in [3.63, 3.8) is 0 Å². The van der Waals surface area contributed by atoms with Crippen LogP contribution in [0.4, 0.5) is 21.6 Å². The zero-order valence-corrected chi connectivity index (χ0v) is 11.5. The van der Waals surface area contributed by atoms with E-state index in [1.165, 1.54) is 44.7 Å². The largest absolute Gasteiger partial charge is 0.494 e. The molecule has 1 aromatic carbocycles. The minimum absolute atomic E-state index is 0.0858. The lowest BCUT2D eigenvalue weighted by atomic mass is 10.2. The Hall–Kier alpha value is -2.83. The summed E-state index contributed by atoms with van der Waals surface area (Å²) in [5.74, 6) is -0.684. The number of ether oxygens (including phenoxy) is 2. The number of pyridine rings is 1. The maximum atomic E-state index is 13.3. The minimum Gasteiger partial charge on any atom is -0.494 e. The van der Waals surface area contributed by atoms with E-state index in [4.69, 9.17) is 10.5 Å². The topological polar surface area (TPSA) is 86.5 Å². The number of nitrogens with zero attached hydrogens (tertiary/aromatic N) is 1. The molecule has 0 bridgehead atoms. The van der Waals surface area contributed by atoms with Crippen LogP contribution in [0.1, 0.15) is 10.4 Å². The van der Waals surface area contributed by atoms with Crippen molar-refractivity contribution in [1.82, 2.24) is 4.98 Å². The number of aromatic nitrogens is 1. The molecule has 3 N–H and O–H groups in total. The average Bonchev–Trinajstić information content (AvgIpc) is 2.50. The van der Waals surface area contributed by atoms with Gasteiger partial charge in [0.05, 0.1) is 25.5 Å². The van der Waals surface area contributed by atoms with Crippen molar-refractivity contribution in [3.8, 4) is 5.75 Å². The van der Waals surface area contributed by atoms with Crippen molar-refractivity contribution in [3.05, 3.63) is 41.8 Å². The number of esters is 1. The summed E-state index contributed by atoms with van der Waals surface area (Å²) >= 11 is 0. The van der Waals surface area contributed by atoms with Crippen LogP contribution in [-0.2, 0) is 4.74 Å². The van der Waals surface area contributed by atoms with Gasteiger partial charge in [-0.05, 0) is 18.2 Å². The Morgan fingerprint density at radius 3 is 2.76 bits per heavy atom. The fourth-order valence-corrected chi connectivity index (χ4v) is 1.74. The molecule has 2 rings (SSSR count). The summed E-state index contributed by atoms with van der Waals surface area (Å²) in [5, 5.41) is 2.90. The van der Waals surface area contributed by atoms with Crippen LogP contribution in [0.15, 0.2) is 30.5 Å². The Bertz CT molecular complexity index is 677. The van der Waals surface area contributed by atoms with E-state index in [0.717, 1.165) is 0 Å². The van der Waals surface area contributed by atoms with Crippen molar-refractivity contribution >= 4 is 23.2 Å². The van der Waals surface area contributed by atoms with Gasteiger partial charge in [-0.1, -0.05) is 0 Å². The van der Waals surface area contributed by atoms with Crippen molar-refractivity contribution in [2.24, 2.45) is 0 Å². The molecule has 110 valence electrons. The Kier molecular flexibility index (Phi) is 4.22. The van der Waals surface area contributed by atoms with E-state index in [9.17, 15) is 9.18 Å². The molecule has 0 radical (unpaired) electrons. The number of halogens is 1. The van der Waals surface area contributed by atoms with E-state index >= 15 is 0 Å². The lowest BCUT2D eigenvalue weighted by Crippen LogP contribution is -2.09. The van der Waals surface area contributed by atoms with Gasteiger partial charge in [0, 0.05) is 18.0 Å². The van der Waals surface area contributed by atoms with Gasteiger partial charge in [-0.15, -0.1) is 0 Å². The summed E-state index contributed by atoms with van der Waals surface area (Å²) < 4.78 is 22.9. The number of nitrogen functional groups attached to an aromatic ring is 1. The number of anilines is 3. The van der Waals surface area contributed by atoms with Crippen LogP contribution >= 0.6 is 0 Å². The number of nitrogens with two attached hydrogens (primary N) is 1. The maximum Gasteiger partial charge on any atom is 0.340 e. The first-order chi connectivity index (χ1) is 10.1. The molecule has 0 unspecified atom stereocenters. The van der Waals surface area contributed by atoms with Crippen molar-refractivity contribution in [1.29, 1.82) is 0 Å². The Morgan fingerprint density at radius 1 is 1.33 bits per heavy atom. The summed E-state index contributed by atoms with van der Waals surface area (Å²) in [6.45, 7) is 0. The highest BCUT2D eigenvalue weighted by molar-refractivity contribution is 5.97. The Labute approximate surface area is 120 Å².